The molecule has 2 N–H and O–H groups in total. The van der Waals surface area contributed by atoms with Gasteiger partial charge >= 0.3 is 0 Å². The van der Waals surface area contributed by atoms with Crippen LogP contribution < -0.4 is 10.5 Å². The van der Waals surface area contributed by atoms with Crippen LogP contribution in [0.2, 0.25) is 0 Å². The number of hydrogen-bond acceptors (Lipinski definition) is 3. The third kappa shape index (κ3) is 2.83. The Morgan fingerprint density at radius 3 is 2.33 bits per heavy atom. The lowest BCUT2D eigenvalue weighted by molar-refractivity contribution is 0.410. The van der Waals surface area contributed by atoms with E-state index in [4.69, 9.17) is 10.5 Å². The average Bonchev–Trinajstić information content (AvgIpc) is 2.54. The summed E-state index contributed by atoms with van der Waals surface area (Å²) in [6, 6.07) is 20.5. The van der Waals surface area contributed by atoms with E-state index in [1.807, 2.05) is 30.3 Å². The van der Waals surface area contributed by atoms with Gasteiger partial charge < -0.3 is 10.5 Å². The summed E-state index contributed by atoms with van der Waals surface area (Å²) in [7, 11) is 1.71. The fourth-order valence-corrected chi connectivity index (χ4v) is 3.45. The first-order valence-electron chi connectivity index (χ1n) is 6.81. The van der Waals surface area contributed by atoms with E-state index in [0.29, 0.717) is 0 Å². The summed E-state index contributed by atoms with van der Waals surface area (Å²) < 4.78 is 5.63. The van der Waals surface area contributed by atoms with Gasteiger partial charge in [0.2, 0.25) is 0 Å². The molecule has 0 saturated carbocycles. The van der Waals surface area contributed by atoms with Crippen molar-refractivity contribution >= 4 is 28.2 Å². The van der Waals surface area contributed by atoms with Crippen molar-refractivity contribution in [1.29, 1.82) is 0 Å². The van der Waals surface area contributed by atoms with Gasteiger partial charge in [0.25, 0.3) is 0 Å². The maximum Gasteiger partial charge on any atom is 0.140 e. The number of nitrogens with two attached hydrogens (primary N) is 1. The molecule has 2 nitrogen and oxygen atoms in total. The van der Waals surface area contributed by atoms with Crippen LogP contribution in [0.25, 0.3) is 10.8 Å². The fraction of sp³-hybridized carbons (Fsp3) is 0.111. The summed E-state index contributed by atoms with van der Waals surface area (Å²) in [6.07, 6.45) is 0. The molecule has 0 aliphatic rings. The molecule has 0 bridgehead atoms. The van der Waals surface area contributed by atoms with Gasteiger partial charge in [0.05, 0.1) is 12.0 Å². The standard InChI is InChI=1S/C18H17NOS/c1-20-18-15-10-6-5-9-14(15)16(19)11-17(18)21-12-13-7-3-2-4-8-13/h2-11H,12,19H2,1H3. The lowest BCUT2D eigenvalue weighted by Gasteiger charge is -2.13. The van der Waals surface area contributed by atoms with E-state index in [0.717, 1.165) is 32.9 Å². The molecule has 0 fully saturated rings. The zero-order valence-electron chi connectivity index (χ0n) is 11.9. The van der Waals surface area contributed by atoms with Crippen LogP contribution in [0.5, 0.6) is 5.75 Å². The number of nitrogen functional groups attached to an aromatic ring is 1. The molecule has 3 aromatic carbocycles. The average molecular weight is 295 g/mol. The molecular formula is C18H17NOS. The summed E-state index contributed by atoms with van der Waals surface area (Å²) in [5.41, 5.74) is 8.26. The maximum atomic E-state index is 6.18. The number of methoxy groups -OCH3 is 1. The second-order valence-corrected chi connectivity index (χ2v) is 5.83. The fourth-order valence-electron chi connectivity index (χ4n) is 2.40. The third-order valence-corrected chi connectivity index (χ3v) is 4.53. The van der Waals surface area contributed by atoms with Gasteiger partial charge in [-0.2, -0.15) is 0 Å². The van der Waals surface area contributed by atoms with E-state index in [1.165, 1.54) is 5.56 Å². The molecule has 3 aromatic rings. The molecule has 3 heteroatoms. The Morgan fingerprint density at radius 1 is 0.952 bits per heavy atom. The third-order valence-electron chi connectivity index (χ3n) is 3.43. The highest BCUT2D eigenvalue weighted by atomic mass is 32.2. The number of benzene rings is 3. The second kappa shape index (κ2) is 6.10. The van der Waals surface area contributed by atoms with Crippen molar-refractivity contribution in [1.82, 2.24) is 0 Å². The van der Waals surface area contributed by atoms with Gasteiger partial charge in [-0.3, -0.25) is 0 Å². The van der Waals surface area contributed by atoms with Gasteiger partial charge in [-0.1, -0.05) is 54.6 Å². The van der Waals surface area contributed by atoms with Gasteiger partial charge in [-0.25, -0.2) is 0 Å². The van der Waals surface area contributed by atoms with Gasteiger partial charge in [0.15, 0.2) is 0 Å². The Hall–Kier alpha value is -2.13. The highest BCUT2D eigenvalue weighted by Gasteiger charge is 2.11. The topological polar surface area (TPSA) is 35.2 Å². The highest BCUT2D eigenvalue weighted by Crippen LogP contribution is 2.40. The Labute approximate surface area is 128 Å². The van der Waals surface area contributed by atoms with Crippen molar-refractivity contribution in [2.45, 2.75) is 10.6 Å². The van der Waals surface area contributed by atoms with Crippen LogP contribution in [0, 0.1) is 0 Å². The quantitative estimate of drug-likeness (QED) is 0.558. The minimum Gasteiger partial charge on any atom is -0.495 e. The molecule has 21 heavy (non-hydrogen) atoms. The molecule has 0 aromatic heterocycles. The van der Waals surface area contributed by atoms with E-state index < -0.39 is 0 Å². The van der Waals surface area contributed by atoms with Gasteiger partial charge in [0.1, 0.15) is 5.75 Å². The largest absolute Gasteiger partial charge is 0.495 e. The Balaban J connectivity index is 1.98. The Morgan fingerprint density at radius 2 is 1.62 bits per heavy atom. The molecule has 0 unspecified atom stereocenters. The van der Waals surface area contributed by atoms with Gasteiger partial charge in [-0.15, -0.1) is 11.8 Å². The van der Waals surface area contributed by atoms with E-state index in [-0.39, 0.29) is 0 Å². The SMILES string of the molecule is COc1c(SCc2ccccc2)cc(N)c2ccccc12. The first-order chi connectivity index (χ1) is 10.3. The van der Waals surface area contributed by atoms with Crippen LogP contribution in [0.15, 0.2) is 65.6 Å². The maximum absolute atomic E-state index is 6.18. The summed E-state index contributed by atoms with van der Waals surface area (Å²) >= 11 is 1.75. The van der Waals surface area contributed by atoms with E-state index >= 15 is 0 Å². The summed E-state index contributed by atoms with van der Waals surface area (Å²) in [4.78, 5) is 1.08. The summed E-state index contributed by atoms with van der Waals surface area (Å²) in [5.74, 6) is 1.80. The second-order valence-electron chi connectivity index (χ2n) is 4.82. The number of thioether (sulfide) groups is 1. The highest BCUT2D eigenvalue weighted by molar-refractivity contribution is 7.98. The Kier molecular flexibility index (Phi) is 4.02. The number of anilines is 1. The van der Waals surface area contributed by atoms with Gasteiger partial charge in [0, 0.05) is 22.2 Å². The molecule has 0 spiro atoms. The smallest absolute Gasteiger partial charge is 0.140 e. The van der Waals surface area contributed by atoms with Crippen molar-refractivity contribution in [3.8, 4) is 5.75 Å². The molecule has 0 aliphatic carbocycles. The number of hydrogen-bond donors (Lipinski definition) is 1. The monoisotopic (exact) mass is 295 g/mol. The van der Waals surface area contributed by atoms with E-state index in [9.17, 15) is 0 Å². The lowest BCUT2D eigenvalue weighted by Crippen LogP contribution is -1.94. The molecule has 0 saturated heterocycles. The molecular weight excluding hydrogens is 278 g/mol. The normalized spacial score (nSPS) is 10.7. The Bertz CT molecular complexity index is 756. The van der Waals surface area contributed by atoms with Crippen molar-refractivity contribution < 1.29 is 4.74 Å². The molecule has 0 amide bonds. The number of fused-ring (bicyclic) bond motifs is 1. The predicted octanol–water partition coefficient (Wildman–Crippen LogP) is 4.72. The van der Waals surface area contributed by atoms with Crippen LogP contribution in [-0.2, 0) is 5.75 Å². The van der Waals surface area contributed by atoms with Crippen molar-refractivity contribution in [3.05, 3.63) is 66.2 Å². The number of ether oxygens (including phenoxy) is 1. The number of rotatable bonds is 4. The minimum atomic E-state index is 0.793. The molecule has 0 aliphatic heterocycles. The lowest BCUT2D eigenvalue weighted by atomic mass is 10.1. The zero-order chi connectivity index (χ0) is 14.7. The van der Waals surface area contributed by atoms with E-state index in [1.54, 1.807) is 18.9 Å². The zero-order valence-corrected chi connectivity index (χ0v) is 12.7. The van der Waals surface area contributed by atoms with Crippen LogP contribution in [-0.4, -0.2) is 7.11 Å². The van der Waals surface area contributed by atoms with Gasteiger partial charge in [-0.05, 0) is 11.6 Å². The van der Waals surface area contributed by atoms with Crippen LogP contribution in [0.3, 0.4) is 0 Å². The first kappa shape index (κ1) is 13.8. The van der Waals surface area contributed by atoms with Crippen LogP contribution in [0.1, 0.15) is 5.56 Å². The predicted molar refractivity (Wildman–Crippen MR) is 90.9 cm³/mol. The van der Waals surface area contributed by atoms with Crippen molar-refractivity contribution in [3.63, 3.8) is 0 Å². The van der Waals surface area contributed by atoms with E-state index in [2.05, 4.69) is 30.3 Å². The van der Waals surface area contributed by atoms with Crippen molar-refractivity contribution in [2.75, 3.05) is 12.8 Å². The molecule has 0 radical (unpaired) electrons. The molecule has 0 atom stereocenters. The van der Waals surface area contributed by atoms with Crippen LogP contribution >= 0.6 is 11.8 Å². The molecule has 106 valence electrons. The summed E-state index contributed by atoms with van der Waals surface area (Å²) in [6.45, 7) is 0. The minimum absolute atomic E-state index is 0.793. The molecule has 0 heterocycles. The molecule has 3 rings (SSSR count). The summed E-state index contributed by atoms with van der Waals surface area (Å²) in [5, 5.41) is 2.11. The first-order valence-corrected chi connectivity index (χ1v) is 7.80. The van der Waals surface area contributed by atoms with Crippen LogP contribution in [0.4, 0.5) is 5.69 Å². The van der Waals surface area contributed by atoms with Crippen molar-refractivity contribution in [2.24, 2.45) is 0 Å².